The minimum atomic E-state index is -0.126. The van der Waals surface area contributed by atoms with Crippen LogP contribution in [0.5, 0.6) is 5.88 Å². The zero-order valence-electron chi connectivity index (χ0n) is 16.9. The van der Waals surface area contributed by atoms with Gasteiger partial charge in [0.2, 0.25) is 5.88 Å². The zero-order valence-corrected chi connectivity index (χ0v) is 16.9. The molecule has 1 N–H and O–H groups in total. The van der Waals surface area contributed by atoms with E-state index in [1.54, 1.807) is 17.9 Å². The Labute approximate surface area is 165 Å². The number of carbonyl (C=O) groups excluding carboxylic acids is 1. The molecule has 28 heavy (non-hydrogen) atoms. The standard InChI is InChI=1S/C20H28N6O2/c1-13-21-17-7-5-4-6-15(17)18(22-13)26-10-8-14(9-11-26)23-19(27)16-12-25(2)24-20(16)28-3/h12,14H,4-11H2,1-3H3,(H,23,27). The van der Waals surface area contributed by atoms with Crippen molar-refractivity contribution in [3.8, 4) is 5.88 Å². The highest BCUT2D eigenvalue weighted by Gasteiger charge is 2.27. The van der Waals surface area contributed by atoms with E-state index in [0.717, 1.165) is 50.4 Å². The molecule has 0 radical (unpaired) electrons. The Morgan fingerprint density at radius 2 is 1.96 bits per heavy atom. The number of carbonyl (C=O) groups is 1. The number of hydrogen-bond donors (Lipinski definition) is 1. The fraction of sp³-hybridized carbons (Fsp3) is 0.600. The molecule has 3 heterocycles. The summed E-state index contributed by atoms with van der Waals surface area (Å²) in [5.74, 6) is 2.20. The van der Waals surface area contributed by atoms with Gasteiger partial charge in [-0.2, -0.15) is 0 Å². The summed E-state index contributed by atoms with van der Waals surface area (Å²) in [6.07, 6.45) is 8.05. The predicted molar refractivity (Wildman–Crippen MR) is 106 cm³/mol. The molecule has 0 atom stereocenters. The van der Waals surface area contributed by atoms with E-state index >= 15 is 0 Å². The smallest absolute Gasteiger partial charge is 0.258 e. The molecular weight excluding hydrogens is 356 g/mol. The van der Waals surface area contributed by atoms with E-state index in [1.165, 1.54) is 31.2 Å². The molecular formula is C20H28N6O2. The summed E-state index contributed by atoms with van der Waals surface area (Å²) in [4.78, 5) is 24.4. The molecule has 1 fully saturated rings. The molecule has 1 saturated heterocycles. The molecule has 8 nitrogen and oxygen atoms in total. The Morgan fingerprint density at radius 1 is 1.21 bits per heavy atom. The van der Waals surface area contributed by atoms with Crippen molar-refractivity contribution in [1.29, 1.82) is 0 Å². The molecule has 1 aliphatic carbocycles. The first kappa shape index (κ1) is 18.7. The van der Waals surface area contributed by atoms with Gasteiger partial charge in [0.05, 0.1) is 7.11 Å². The van der Waals surface area contributed by atoms with Crippen molar-refractivity contribution in [2.24, 2.45) is 7.05 Å². The number of hydrogen-bond acceptors (Lipinski definition) is 6. The number of aryl methyl sites for hydroxylation is 3. The first-order chi connectivity index (χ1) is 13.5. The molecule has 0 spiro atoms. The summed E-state index contributed by atoms with van der Waals surface area (Å²) >= 11 is 0. The van der Waals surface area contributed by atoms with Gasteiger partial charge in [0, 0.05) is 43.6 Å². The van der Waals surface area contributed by atoms with Gasteiger partial charge in [0.25, 0.3) is 5.91 Å². The van der Waals surface area contributed by atoms with Crippen LogP contribution in [0.4, 0.5) is 5.82 Å². The quantitative estimate of drug-likeness (QED) is 0.865. The largest absolute Gasteiger partial charge is 0.479 e. The maximum atomic E-state index is 12.6. The van der Waals surface area contributed by atoms with Gasteiger partial charge < -0.3 is 15.0 Å². The topological polar surface area (TPSA) is 85.2 Å². The molecule has 8 heteroatoms. The minimum absolute atomic E-state index is 0.126. The Kier molecular flexibility index (Phi) is 5.19. The molecule has 0 bridgehead atoms. The average Bonchev–Trinajstić information content (AvgIpc) is 3.09. The number of rotatable bonds is 4. The number of aromatic nitrogens is 4. The zero-order chi connectivity index (χ0) is 19.7. The van der Waals surface area contributed by atoms with E-state index in [0.29, 0.717) is 11.4 Å². The average molecular weight is 384 g/mol. The van der Waals surface area contributed by atoms with Crippen molar-refractivity contribution in [2.75, 3.05) is 25.1 Å². The number of amides is 1. The number of nitrogens with zero attached hydrogens (tertiary/aromatic N) is 5. The molecule has 0 unspecified atom stereocenters. The number of methoxy groups -OCH3 is 1. The van der Waals surface area contributed by atoms with Crippen LogP contribution in [0, 0.1) is 6.92 Å². The second kappa shape index (κ2) is 7.77. The van der Waals surface area contributed by atoms with Crippen molar-refractivity contribution >= 4 is 11.7 Å². The highest BCUT2D eigenvalue weighted by molar-refractivity contribution is 5.96. The summed E-state index contributed by atoms with van der Waals surface area (Å²) in [6, 6.07) is 0.146. The molecule has 1 aliphatic heterocycles. The number of piperidine rings is 1. The van der Waals surface area contributed by atoms with E-state index in [9.17, 15) is 4.79 Å². The fourth-order valence-electron chi connectivity index (χ4n) is 4.23. The van der Waals surface area contributed by atoms with Crippen molar-refractivity contribution in [3.63, 3.8) is 0 Å². The Morgan fingerprint density at radius 3 is 2.71 bits per heavy atom. The molecule has 0 aromatic carbocycles. The Hall–Kier alpha value is -2.64. The maximum Gasteiger partial charge on any atom is 0.258 e. The SMILES string of the molecule is COc1nn(C)cc1C(=O)NC1CCN(c2nc(C)nc3c2CCCC3)CC1. The van der Waals surface area contributed by atoms with Gasteiger partial charge in [0.1, 0.15) is 17.2 Å². The molecule has 2 aromatic heterocycles. The number of fused-ring (bicyclic) bond motifs is 1. The molecule has 0 saturated carbocycles. The van der Waals surface area contributed by atoms with Crippen LogP contribution < -0.4 is 15.0 Å². The monoisotopic (exact) mass is 384 g/mol. The second-order valence-corrected chi connectivity index (χ2v) is 7.69. The lowest BCUT2D eigenvalue weighted by Gasteiger charge is -2.35. The van der Waals surface area contributed by atoms with Gasteiger partial charge in [0.15, 0.2) is 0 Å². The van der Waals surface area contributed by atoms with Crippen LogP contribution in [-0.4, -0.2) is 51.9 Å². The third-order valence-corrected chi connectivity index (χ3v) is 5.64. The summed E-state index contributed by atoms with van der Waals surface area (Å²) in [5.41, 5.74) is 3.04. The lowest BCUT2D eigenvalue weighted by atomic mass is 9.95. The maximum absolute atomic E-state index is 12.6. The van der Waals surface area contributed by atoms with Gasteiger partial charge in [-0.25, -0.2) is 9.97 Å². The molecule has 150 valence electrons. The van der Waals surface area contributed by atoms with Crippen LogP contribution >= 0.6 is 0 Å². The lowest BCUT2D eigenvalue weighted by Crippen LogP contribution is -2.45. The van der Waals surface area contributed by atoms with Crippen molar-refractivity contribution in [2.45, 2.75) is 51.5 Å². The van der Waals surface area contributed by atoms with Gasteiger partial charge in [-0.05, 0) is 45.4 Å². The van der Waals surface area contributed by atoms with Crippen molar-refractivity contribution < 1.29 is 9.53 Å². The number of nitrogens with one attached hydrogen (secondary N) is 1. The third kappa shape index (κ3) is 3.68. The van der Waals surface area contributed by atoms with E-state index in [-0.39, 0.29) is 11.9 Å². The van der Waals surface area contributed by atoms with E-state index in [1.807, 2.05) is 6.92 Å². The molecule has 4 rings (SSSR count). The van der Waals surface area contributed by atoms with Gasteiger partial charge in [-0.1, -0.05) is 0 Å². The number of ether oxygens (including phenoxy) is 1. The van der Waals surface area contributed by atoms with Crippen LogP contribution in [0.1, 0.15) is 53.1 Å². The minimum Gasteiger partial charge on any atom is -0.479 e. The Bertz CT molecular complexity index is 870. The number of anilines is 1. The van der Waals surface area contributed by atoms with Crippen LogP contribution in [0.3, 0.4) is 0 Å². The first-order valence-corrected chi connectivity index (χ1v) is 10.0. The molecule has 2 aliphatic rings. The Balaban J connectivity index is 1.41. The van der Waals surface area contributed by atoms with E-state index in [2.05, 4.69) is 20.3 Å². The second-order valence-electron chi connectivity index (χ2n) is 7.69. The highest BCUT2D eigenvalue weighted by atomic mass is 16.5. The third-order valence-electron chi connectivity index (χ3n) is 5.64. The van der Waals surface area contributed by atoms with Crippen LogP contribution in [0.2, 0.25) is 0 Å². The van der Waals surface area contributed by atoms with E-state index < -0.39 is 0 Å². The predicted octanol–water partition coefficient (Wildman–Crippen LogP) is 1.80. The summed E-state index contributed by atoms with van der Waals surface area (Å²) in [6.45, 7) is 3.75. The summed E-state index contributed by atoms with van der Waals surface area (Å²) in [5, 5.41) is 7.29. The summed E-state index contributed by atoms with van der Waals surface area (Å²) in [7, 11) is 3.31. The lowest BCUT2D eigenvalue weighted by molar-refractivity contribution is 0.0928. The van der Waals surface area contributed by atoms with Gasteiger partial charge >= 0.3 is 0 Å². The summed E-state index contributed by atoms with van der Waals surface area (Å²) < 4.78 is 6.79. The van der Waals surface area contributed by atoms with Crippen LogP contribution in [0.25, 0.3) is 0 Å². The van der Waals surface area contributed by atoms with Crippen LogP contribution in [-0.2, 0) is 19.9 Å². The van der Waals surface area contributed by atoms with Crippen LogP contribution in [0.15, 0.2) is 6.20 Å². The van der Waals surface area contributed by atoms with Crippen molar-refractivity contribution in [1.82, 2.24) is 25.1 Å². The van der Waals surface area contributed by atoms with E-state index in [4.69, 9.17) is 9.72 Å². The normalized spacial score (nSPS) is 17.3. The van der Waals surface area contributed by atoms with Gasteiger partial charge in [-0.3, -0.25) is 9.48 Å². The molecule has 1 amide bonds. The van der Waals surface area contributed by atoms with Gasteiger partial charge in [-0.15, -0.1) is 5.10 Å². The first-order valence-electron chi connectivity index (χ1n) is 10.0. The highest BCUT2D eigenvalue weighted by Crippen LogP contribution is 2.29. The fourth-order valence-corrected chi connectivity index (χ4v) is 4.23. The molecule has 2 aromatic rings. The van der Waals surface area contributed by atoms with Crippen molar-refractivity contribution in [3.05, 3.63) is 28.8 Å².